The van der Waals surface area contributed by atoms with Crippen LogP contribution in [0.25, 0.3) is 0 Å². The lowest BCUT2D eigenvalue weighted by Crippen LogP contribution is -2.47. The highest BCUT2D eigenvalue weighted by Gasteiger charge is 2.27. The molecule has 0 aliphatic heterocycles. The standard InChI is InChI=1S/C56H99N2O7P/c1-7-10-13-16-19-22-25-27-29-31-34-37-40-43-46-49-56(60)65-54(47-44-41-38-35-32-24-21-18-15-12-9-3)53(52-64-66(61,62)63-51-50-58(4,5)6)57-55(59)48-45-42-39-36-33-30-28-26-23-20-17-14-11-8-2/h10-11,13-14,16,19-20,22-23,25,28,30,44,47,53-54H,7-9,12,15,17-18,21,24,26-27,29,31-43,45-46,48-52H2,1-6H3,(H-,57,59,61,62)/b13-10+,14-11+,19-16+,23-20+,25-22+,30-28+,47-44+. The highest BCUT2D eigenvalue weighted by atomic mass is 31.2. The van der Waals surface area contributed by atoms with Crippen molar-refractivity contribution in [2.24, 2.45) is 0 Å². The van der Waals surface area contributed by atoms with E-state index in [1.54, 1.807) is 0 Å². The number of rotatable bonds is 46. The number of carbonyl (C=O) groups excluding carboxylic acids is 2. The number of unbranched alkanes of at least 4 members (excludes halogenated alkanes) is 20. The topological polar surface area (TPSA) is 114 Å². The predicted octanol–water partition coefficient (Wildman–Crippen LogP) is 14.9. The lowest BCUT2D eigenvalue weighted by atomic mass is 10.1. The third-order valence-electron chi connectivity index (χ3n) is 11.1. The molecule has 0 radical (unpaired) electrons. The Labute approximate surface area is 406 Å². The quantitative estimate of drug-likeness (QED) is 0.0161. The van der Waals surface area contributed by atoms with Crippen molar-refractivity contribution in [3.8, 4) is 0 Å². The third-order valence-corrected chi connectivity index (χ3v) is 12.1. The second-order valence-corrected chi connectivity index (χ2v) is 20.1. The van der Waals surface area contributed by atoms with Crippen LogP contribution in [0.4, 0.5) is 0 Å². The van der Waals surface area contributed by atoms with Crippen molar-refractivity contribution < 1.29 is 37.3 Å². The van der Waals surface area contributed by atoms with Gasteiger partial charge in [-0.2, -0.15) is 0 Å². The molecule has 0 fully saturated rings. The summed E-state index contributed by atoms with van der Waals surface area (Å²) < 4.78 is 30.1. The lowest BCUT2D eigenvalue weighted by molar-refractivity contribution is -0.870. The molecule has 0 spiro atoms. The summed E-state index contributed by atoms with van der Waals surface area (Å²) in [5.41, 5.74) is 0. The summed E-state index contributed by atoms with van der Waals surface area (Å²) in [6.07, 6.45) is 58.3. The van der Waals surface area contributed by atoms with Gasteiger partial charge in [-0.05, 0) is 83.1 Å². The monoisotopic (exact) mass is 943 g/mol. The van der Waals surface area contributed by atoms with Crippen molar-refractivity contribution in [2.75, 3.05) is 40.9 Å². The molecule has 0 saturated carbocycles. The summed E-state index contributed by atoms with van der Waals surface area (Å²) in [7, 11) is 1.15. The molecule has 0 bridgehead atoms. The van der Waals surface area contributed by atoms with E-state index in [0.717, 1.165) is 96.3 Å². The maximum Gasteiger partial charge on any atom is 0.306 e. The van der Waals surface area contributed by atoms with Crippen molar-refractivity contribution in [2.45, 2.75) is 219 Å². The van der Waals surface area contributed by atoms with Crippen LogP contribution in [-0.2, 0) is 27.9 Å². The zero-order chi connectivity index (χ0) is 48.7. The fourth-order valence-electron chi connectivity index (χ4n) is 7.06. The first-order valence-corrected chi connectivity index (χ1v) is 27.9. The van der Waals surface area contributed by atoms with Crippen LogP contribution < -0.4 is 10.2 Å². The smallest absolute Gasteiger partial charge is 0.306 e. The van der Waals surface area contributed by atoms with Crippen molar-refractivity contribution in [1.82, 2.24) is 5.32 Å². The molecule has 0 aromatic rings. The second kappa shape index (κ2) is 45.9. The van der Waals surface area contributed by atoms with Gasteiger partial charge in [-0.15, -0.1) is 0 Å². The minimum absolute atomic E-state index is 0.0330. The number of hydrogen-bond donors (Lipinski definition) is 1. The number of nitrogens with one attached hydrogen (secondary N) is 1. The second-order valence-electron chi connectivity index (χ2n) is 18.7. The van der Waals surface area contributed by atoms with Crippen molar-refractivity contribution >= 4 is 19.7 Å². The van der Waals surface area contributed by atoms with E-state index < -0.39 is 26.6 Å². The average molecular weight is 943 g/mol. The van der Waals surface area contributed by atoms with Crippen LogP contribution in [0.2, 0.25) is 0 Å². The molecule has 1 N–H and O–H groups in total. The maximum atomic E-state index is 13.4. The molecule has 3 unspecified atom stereocenters. The normalized spacial score (nSPS) is 14.6. The minimum atomic E-state index is -4.70. The highest BCUT2D eigenvalue weighted by molar-refractivity contribution is 7.45. The first-order valence-electron chi connectivity index (χ1n) is 26.4. The summed E-state index contributed by atoms with van der Waals surface area (Å²) >= 11 is 0. The predicted molar refractivity (Wildman–Crippen MR) is 279 cm³/mol. The first-order chi connectivity index (χ1) is 31.9. The van der Waals surface area contributed by atoms with Gasteiger partial charge in [0.15, 0.2) is 0 Å². The Kier molecular flexibility index (Phi) is 44.0. The molecule has 9 nitrogen and oxygen atoms in total. The molecule has 0 aromatic carbocycles. The van der Waals surface area contributed by atoms with Crippen LogP contribution >= 0.6 is 7.82 Å². The summed E-state index contributed by atoms with van der Waals surface area (Å²) in [5.74, 6) is -0.589. The molecule has 380 valence electrons. The van der Waals surface area contributed by atoms with Crippen LogP contribution in [0.15, 0.2) is 85.1 Å². The molecule has 0 saturated heterocycles. The molecule has 0 aliphatic rings. The molecule has 0 heterocycles. The number of quaternary nitrogens is 1. The van der Waals surface area contributed by atoms with Gasteiger partial charge < -0.3 is 28.5 Å². The fourth-order valence-corrected chi connectivity index (χ4v) is 7.79. The van der Waals surface area contributed by atoms with Crippen molar-refractivity contribution in [3.63, 3.8) is 0 Å². The van der Waals surface area contributed by atoms with E-state index in [2.05, 4.69) is 99.0 Å². The van der Waals surface area contributed by atoms with Gasteiger partial charge in [0.2, 0.25) is 5.91 Å². The van der Waals surface area contributed by atoms with E-state index in [-0.39, 0.29) is 31.3 Å². The van der Waals surface area contributed by atoms with Gasteiger partial charge in [0.1, 0.15) is 19.3 Å². The van der Waals surface area contributed by atoms with Gasteiger partial charge in [-0.3, -0.25) is 14.2 Å². The number of nitrogens with zero attached hydrogens (tertiary/aromatic N) is 1. The van der Waals surface area contributed by atoms with Gasteiger partial charge >= 0.3 is 5.97 Å². The minimum Gasteiger partial charge on any atom is -0.756 e. The molecule has 0 rings (SSSR count). The summed E-state index contributed by atoms with van der Waals surface area (Å²) in [4.78, 5) is 39.7. The van der Waals surface area contributed by atoms with Gasteiger partial charge in [0.25, 0.3) is 7.82 Å². The Balaban J connectivity index is 5.45. The maximum absolute atomic E-state index is 13.4. The first kappa shape index (κ1) is 63.2. The van der Waals surface area contributed by atoms with Gasteiger partial charge in [0, 0.05) is 12.8 Å². The molecule has 0 aromatic heterocycles. The number of allylic oxidation sites excluding steroid dienone is 13. The van der Waals surface area contributed by atoms with Gasteiger partial charge in [0.05, 0.1) is 33.8 Å². The van der Waals surface area contributed by atoms with E-state index in [1.807, 2.05) is 33.3 Å². The number of carbonyl (C=O) groups is 2. The Morgan fingerprint density at radius 2 is 1.05 bits per heavy atom. The molecular formula is C56H99N2O7P. The zero-order valence-electron chi connectivity index (χ0n) is 43.1. The van der Waals surface area contributed by atoms with E-state index in [0.29, 0.717) is 23.9 Å². The van der Waals surface area contributed by atoms with E-state index in [1.165, 1.54) is 64.2 Å². The zero-order valence-corrected chi connectivity index (χ0v) is 44.0. The summed E-state index contributed by atoms with van der Waals surface area (Å²) in [6.45, 7) is 6.54. The number of amides is 1. The van der Waals surface area contributed by atoms with Crippen LogP contribution in [0.5, 0.6) is 0 Å². The fraction of sp³-hybridized carbons (Fsp3) is 0.714. The number of phosphoric ester groups is 1. The van der Waals surface area contributed by atoms with Crippen molar-refractivity contribution in [1.29, 1.82) is 0 Å². The van der Waals surface area contributed by atoms with E-state index >= 15 is 0 Å². The molecule has 0 aliphatic carbocycles. The van der Waals surface area contributed by atoms with Gasteiger partial charge in [-0.25, -0.2) is 0 Å². The molecule has 3 atom stereocenters. The largest absolute Gasteiger partial charge is 0.756 e. The number of phosphoric acid groups is 1. The number of esters is 1. The van der Waals surface area contributed by atoms with Crippen LogP contribution in [0, 0.1) is 0 Å². The van der Waals surface area contributed by atoms with E-state index in [4.69, 9.17) is 13.8 Å². The van der Waals surface area contributed by atoms with Crippen molar-refractivity contribution in [3.05, 3.63) is 85.1 Å². The Morgan fingerprint density at radius 3 is 1.62 bits per heavy atom. The Bertz CT molecular complexity index is 1410. The van der Waals surface area contributed by atoms with Gasteiger partial charge in [-0.1, -0.05) is 196 Å². The molecule has 66 heavy (non-hydrogen) atoms. The SMILES string of the molecule is CC/C=C/C=C/C=C/CCCCCCCCCC(=O)OC(/C=C/CCCCCCCCCCC)C(COP(=O)([O-])OCC[N+](C)(C)C)NC(=O)CCCCCC/C=C/C/C=C/C/C=C/CC. The Hall–Kier alpha value is -2.81. The highest BCUT2D eigenvalue weighted by Crippen LogP contribution is 2.38. The average Bonchev–Trinajstić information content (AvgIpc) is 3.27. The molecule has 10 heteroatoms. The van der Waals surface area contributed by atoms with Crippen LogP contribution in [0.1, 0.15) is 207 Å². The summed E-state index contributed by atoms with van der Waals surface area (Å²) in [5, 5.41) is 2.99. The van der Waals surface area contributed by atoms with Crippen LogP contribution in [-0.4, -0.2) is 69.4 Å². The molecular weight excluding hydrogens is 844 g/mol. The number of hydrogen-bond acceptors (Lipinski definition) is 7. The number of ether oxygens (including phenoxy) is 1. The lowest BCUT2D eigenvalue weighted by Gasteiger charge is -2.30. The summed E-state index contributed by atoms with van der Waals surface area (Å²) in [6, 6.07) is -0.907. The van der Waals surface area contributed by atoms with E-state index in [9.17, 15) is 19.0 Å². The Morgan fingerprint density at radius 1 is 0.561 bits per heavy atom. The van der Waals surface area contributed by atoms with Crippen LogP contribution in [0.3, 0.4) is 0 Å². The molecule has 1 amide bonds. The number of likely N-dealkylation sites (N-methyl/N-ethyl adjacent to an activating group) is 1. The third kappa shape index (κ3) is 46.3.